The van der Waals surface area contributed by atoms with Crippen molar-refractivity contribution in [2.24, 2.45) is 0 Å². The number of amides is 2. The second-order valence-corrected chi connectivity index (χ2v) is 8.18. The van der Waals surface area contributed by atoms with Crippen molar-refractivity contribution in [3.8, 4) is 0 Å². The van der Waals surface area contributed by atoms with Crippen LogP contribution in [0, 0.1) is 5.82 Å². The summed E-state index contributed by atoms with van der Waals surface area (Å²) in [5.74, 6) is -0.104. The van der Waals surface area contributed by atoms with Crippen LogP contribution in [-0.4, -0.2) is 59.4 Å². The van der Waals surface area contributed by atoms with Crippen LogP contribution in [0.1, 0.15) is 48.5 Å². The SMILES string of the molecule is O=C1CCCN1CCOCC(=O)N1CCCC1c1ccc(Cc2ccc(F)cc2)cn1. The van der Waals surface area contributed by atoms with Crippen LogP contribution in [-0.2, 0) is 20.7 Å². The third-order valence-corrected chi connectivity index (χ3v) is 5.99. The Labute approximate surface area is 182 Å². The molecule has 2 aliphatic heterocycles. The van der Waals surface area contributed by atoms with E-state index in [0.29, 0.717) is 32.5 Å². The van der Waals surface area contributed by atoms with Gasteiger partial charge in [0, 0.05) is 32.3 Å². The number of ether oxygens (including phenoxy) is 1. The first-order valence-electron chi connectivity index (χ1n) is 10.9. The Bertz CT molecular complexity index is 901. The van der Waals surface area contributed by atoms with Crippen LogP contribution in [0.25, 0.3) is 0 Å². The smallest absolute Gasteiger partial charge is 0.249 e. The lowest BCUT2D eigenvalue weighted by atomic mass is 10.0. The molecule has 1 unspecified atom stereocenters. The average molecular weight is 426 g/mol. The summed E-state index contributed by atoms with van der Waals surface area (Å²) < 4.78 is 18.6. The van der Waals surface area contributed by atoms with Crippen molar-refractivity contribution in [3.05, 3.63) is 65.2 Å². The maximum absolute atomic E-state index is 13.1. The Hall–Kier alpha value is -2.80. The molecule has 2 amide bonds. The molecular formula is C24H28FN3O3. The predicted molar refractivity (Wildman–Crippen MR) is 114 cm³/mol. The van der Waals surface area contributed by atoms with Gasteiger partial charge >= 0.3 is 0 Å². The molecule has 31 heavy (non-hydrogen) atoms. The molecule has 2 saturated heterocycles. The lowest BCUT2D eigenvalue weighted by Gasteiger charge is -2.24. The Morgan fingerprint density at radius 1 is 1.10 bits per heavy atom. The third kappa shape index (κ3) is 5.47. The van der Waals surface area contributed by atoms with E-state index in [4.69, 9.17) is 4.74 Å². The molecule has 7 heteroatoms. The van der Waals surface area contributed by atoms with Crippen LogP contribution in [0.4, 0.5) is 4.39 Å². The number of pyridine rings is 1. The van der Waals surface area contributed by atoms with Gasteiger partial charge < -0.3 is 14.5 Å². The van der Waals surface area contributed by atoms with Gasteiger partial charge in [0.15, 0.2) is 0 Å². The summed E-state index contributed by atoms with van der Waals surface area (Å²) in [6.45, 7) is 2.45. The molecular weight excluding hydrogens is 397 g/mol. The molecule has 1 aromatic heterocycles. The van der Waals surface area contributed by atoms with E-state index in [9.17, 15) is 14.0 Å². The van der Waals surface area contributed by atoms with E-state index in [1.165, 1.54) is 12.1 Å². The highest BCUT2D eigenvalue weighted by atomic mass is 19.1. The summed E-state index contributed by atoms with van der Waals surface area (Å²) in [5.41, 5.74) is 2.96. The molecule has 0 bridgehead atoms. The number of hydrogen-bond donors (Lipinski definition) is 0. The van der Waals surface area contributed by atoms with Gasteiger partial charge in [-0.1, -0.05) is 18.2 Å². The van der Waals surface area contributed by atoms with Crippen LogP contribution in [0.15, 0.2) is 42.6 Å². The molecule has 0 saturated carbocycles. The number of hydrogen-bond acceptors (Lipinski definition) is 4. The summed E-state index contributed by atoms with van der Waals surface area (Å²) in [4.78, 5) is 32.6. The standard InChI is InChI=1S/C24H28FN3O3/c25-20-8-5-18(6-9-20)15-19-7-10-21(26-16-19)22-3-1-12-28(22)24(30)17-31-14-13-27-11-2-4-23(27)29/h5-10,16,22H,1-4,11-15,17H2. The lowest BCUT2D eigenvalue weighted by Crippen LogP contribution is -2.35. The van der Waals surface area contributed by atoms with Crippen LogP contribution >= 0.6 is 0 Å². The third-order valence-electron chi connectivity index (χ3n) is 5.99. The number of likely N-dealkylation sites (tertiary alicyclic amines) is 2. The van der Waals surface area contributed by atoms with Crippen LogP contribution < -0.4 is 0 Å². The second kappa shape index (κ2) is 10.0. The highest BCUT2D eigenvalue weighted by Crippen LogP contribution is 2.31. The minimum atomic E-state index is -0.239. The van der Waals surface area contributed by atoms with Gasteiger partial charge in [-0.2, -0.15) is 0 Å². The number of nitrogens with zero attached hydrogens (tertiary/aromatic N) is 3. The van der Waals surface area contributed by atoms with E-state index in [1.54, 1.807) is 17.0 Å². The summed E-state index contributed by atoms with van der Waals surface area (Å²) >= 11 is 0. The molecule has 0 spiro atoms. The fraction of sp³-hybridized carbons (Fsp3) is 0.458. The van der Waals surface area contributed by atoms with Crippen LogP contribution in [0.2, 0.25) is 0 Å². The molecule has 2 aliphatic rings. The summed E-state index contributed by atoms with van der Waals surface area (Å²) in [7, 11) is 0. The number of halogens is 1. The lowest BCUT2D eigenvalue weighted by molar-refractivity contribution is -0.137. The quantitative estimate of drug-likeness (QED) is 0.610. The average Bonchev–Trinajstić information content (AvgIpc) is 3.43. The normalized spacial score (nSPS) is 18.7. The van der Waals surface area contributed by atoms with E-state index >= 15 is 0 Å². The molecule has 6 nitrogen and oxygen atoms in total. The van der Waals surface area contributed by atoms with Gasteiger partial charge in [-0.05, 0) is 55.0 Å². The molecule has 0 radical (unpaired) electrons. The van der Waals surface area contributed by atoms with E-state index in [1.807, 2.05) is 23.2 Å². The van der Waals surface area contributed by atoms with Crippen molar-refractivity contribution in [3.63, 3.8) is 0 Å². The Balaban J connectivity index is 1.28. The largest absolute Gasteiger partial charge is 0.370 e. The van der Waals surface area contributed by atoms with Gasteiger partial charge in [0.05, 0.1) is 18.3 Å². The zero-order valence-electron chi connectivity index (χ0n) is 17.6. The maximum Gasteiger partial charge on any atom is 0.249 e. The first-order chi connectivity index (χ1) is 15.1. The maximum atomic E-state index is 13.1. The van der Waals surface area contributed by atoms with Crippen molar-refractivity contribution >= 4 is 11.8 Å². The van der Waals surface area contributed by atoms with Gasteiger partial charge in [0.2, 0.25) is 11.8 Å². The van der Waals surface area contributed by atoms with Crippen molar-refractivity contribution in [2.45, 2.75) is 38.1 Å². The predicted octanol–water partition coefficient (Wildman–Crippen LogP) is 3.11. The summed E-state index contributed by atoms with van der Waals surface area (Å²) in [6.07, 6.45) is 5.88. The van der Waals surface area contributed by atoms with E-state index < -0.39 is 0 Å². The number of rotatable bonds is 8. The Morgan fingerprint density at radius 3 is 2.61 bits per heavy atom. The number of carbonyl (C=O) groups excluding carboxylic acids is 2. The topological polar surface area (TPSA) is 62.7 Å². The first kappa shape index (κ1) is 21.4. The fourth-order valence-corrected chi connectivity index (χ4v) is 4.31. The van der Waals surface area contributed by atoms with Crippen LogP contribution in [0.3, 0.4) is 0 Å². The van der Waals surface area contributed by atoms with Crippen LogP contribution in [0.5, 0.6) is 0 Å². The highest BCUT2D eigenvalue weighted by Gasteiger charge is 2.30. The summed E-state index contributed by atoms with van der Waals surface area (Å²) in [5, 5.41) is 0. The second-order valence-electron chi connectivity index (χ2n) is 8.18. The van der Waals surface area contributed by atoms with Gasteiger partial charge in [0.25, 0.3) is 0 Å². The Kier molecular flexibility index (Phi) is 6.92. The zero-order chi connectivity index (χ0) is 21.6. The number of carbonyl (C=O) groups is 2. The number of aromatic nitrogens is 1. The molecule has 2 aromatic rings. The molecule has 3 heterocycles. The van der Waals surface area contributed by atoms with Crippen molar-refractivity contribution in [1.82, 2.24) is 14.8 Å². The van der Waals surface area contributed by atoms with Gasteiger partial charge in [-0.15, -0.1) is 0 Å². The van der Waals surface area contributed by atoms with E-state index in [0.717, 1.165) is 42.6 Å². The summed E-state index contributed by atoms with van der Waals surface area (Å²) in [6, 6.07) is 10.5. The molecule has 0 aliphatic carbocycles. The molecule has 2 fully saturated rings. The molecule has 1 aromatic carbocycles. The molecule has 0 N–H and O–H groups in total. The van der Waals surface area contributed by atoms with Gasteiger partial charge in [-0.3, -0.25) is 14.6 Å². The minimum Gasteiger partial charge on any atom is -0.370 e. The molecule has 1 atom stereocenters. The molecule has 164 valence electrons. The van der Waals surface area contributed by atoms with E-state index in [2.05, 4.69) is 4.98 Å². The first-order valence-corrected chi connectivity index (χ1v) is 10.9. The monoisotopic (exact) mass is 425 g/mol. The van der Waals surface area contributed by atoms with Crippen molar-refractivity contribution < 1.29 is 18.7 Å². The van der Waals surface area contributed by atoms with E-state index in [-0.39, 0.29) is 30.3 Å². The fourth-order valence-electron chi connectivity index (χ4n) is 4.31. The van der Waals surface area contributed by atoms with Gasteiger partial charge in [-0.25, -0.2) is 4.39 Å². The number of benzene rings is 1. The van der Waals surface area contributed by atoms with Crippen molar-refractivity contribution in [2.75, 3.05) is 32.8 Å². The minimum absolute atomic E-state index is 0.0289. The Morgan fingerprint density at radius 2 is 1.90 bits per heavy atom. The van der Waals surface area contributed by atoms with Crippen molar-refractivity contribution in [1.29, 1.82) is 0 Å². The molecule has 4 rings (SSSR count). The van der Waals surface area contributed by atoms with Gasteiger partial charge in [0.1, 0.15) is 12.4 Å². The highest BCUT2D eigenvalue weighted by molar-refractivity contribution is 5.78. The zero-order valence-corrected chi connectivity index (χ0v) is 17.6.